The van der Waals surface area contributed by atoms with Crippen LogP contribution in [0.3, 0.4) is 0 Å². The summed E-state index contributed by atoms with van der Waals surface area (Å²) in [6.45, 7) is 8.83. The molecule has 1 aliphatic rings. The Labute approximate surface area is 111 Å². The van der Waals surface area contributed by atoms with Crippen LogP contribution in [0.4, 0.5) is 4.79 Å². The number of nitrogens with one attached hydrogen (secondary N) is 1. The van der Waals surface area contributed by atoms with Gasteiger partial charge in [-0.25, -0.2) is 4.79 Å². The number of carbonyl (C=O) groups is 1. The number of hydrogen-bond acceptors (Lipinski definition) is 3. The van der Waals surface area contributed by atoms with Crippen molar-refractivity contribution in [3.63, 3.8) is 0 Å². The number of amides is 1. The molecule has 1 N–H and O–H groups in total. The molecule has 0 aliphatic carbocycles. The fourth-order valence-corrected chi connectivity index (χ4v) is 2.81. The minimum atomic E-state index is -0.304. The number of rotatable bonds is 5. The fraction of sp³-hybridized carbons (Fsp3) is 0.929. The molecule has 1 aliphatic heterocycles. The molecule has 3 atom stereocenters. The Morgan fingerprint density at radius 3 is 2.72 bits per heavy atom. The van der Waals surface area contributed by atoms with Gasteiger partial charge < -0.3 is 10.1 Å². The second kappa shape index (κ2) is 7.62. The lowest BCUT2D eigenvalue weighted by Gasteiger charge is -2.40. The molecule has 0 saturated carbocycles. The monoisotopic (exact) mass is 256 g/mol. The van der Waals surface area contributed by atoms with Crippen LogP contribution in [-0.4, -0.2) is 43.3 Å². The van der Waals surface area contributed by atoms with E-state index in [0.717, 1.165) is 19.4 Å². The van der Waals surface area contributed by atoms with E-state index in [2.05, 4.69) is 31.0 Å². The number of alkyl carbamates (subject to hydrolysis) is 1. The summed E-state index contributed by atoms with van der Waals surface area (Å²) in [6.07, 6.45) is 4.39. The SMILES string of the molecule is CCCC1CC(NC(=O)OC)CN(C(C)CC)C1. The Morgan fingerprint density at radius 2 is 2.17 bits per heavy atom. The molecule has 1 fully saturated rings. The molecule has 18 heavy (non-hydrogen) atoms. The number of methoxy groups -OCH3 is 1. The van der Waals surface area contributed by atoms with Crippen molar-refractivity contribution in [2.45, 2.75) is 58.5 Å². The molecule has 0 bridgehead atoms. The zero-order valence-electron chi connectivity index (χ0n) is 12.2. The number of carbonyl (C=O) groups excluding carboxylic acids is 1. The fourth-order valence-electron chi connectivity index (χ4n) is 2.81. The molecule has 4 nitrogen and oxygen atoms in total. The summed E-state index contributed by atoms with van der Waals surface area (Å²) in [5.74, 6) is 0.694. The lowest BCUT2D eigenvalue weighted by molar-refractivity contribution is 0.0928. The van der Waals surface area contributed by atoms with Gasteiger partial charge >= 0.3 is 6.09 Å². The van der Waals surface area contributed by atoms with Crippen LogP contribution in [0.2, 0.25) is 0 Å². The highest BCUT2D eigenvalue weighted by atomic mass is 16.5. The van der Waals surface area contributed by atoms with Gasteiger partial charge in [-0.05, 0) is 32.1 Å². The third-order valence-electron chi connectivity index (χ3n) is 3.98. The normalized spacial score (nSPS) is 26.7. The first-order chi connectivity index (χ1) is 8.60. The van der Waals surface area contributed by atoms with Gasteiger partial charge in [-0.2, -0.15) is 0 Å². The molecule has 0 aromatic rings. The van der Waals surface area contributed by atoms with E-state index in [1.165, 1.54) is 26.5 Å². The zero-order chi connectivity index (χ0) is 13.5. The Kier molecular flexibility index (Phi) is 6.47. The maximum absolute atomic E-state index is 11.3. The van der Waals surface area contributed by atoms with Crippen LogP contribution < -0.4 is 5.32 Å². The predicted molar refractivity (Wildman–Crippen MR) is 73.7 cm³/mol. The van der Waals surface area contributed by atoms with Crippen molar-refractivity contribution in [2.75, 3.05) is 20.2 Å². The molecule has 1 saturated heterocycles. The summed E-state index contributed by atoms with van der Waals surface area (Å²) >= 11 is 0. The van der Waals surface area contributed by atoms with E-state index in [-0.39, 0.29) is 12.1 Å². The summed E-state index contributed by atoms with van der Waals surface area (Å²) in [4.78, 5) is 13.8. The molecule has 0 radical (unpaired) electrons. The third kappa shape index (κ3) is 4.48. The van der Waals surface area contributed by atoms with Crippen LogP contribution in [0.1, 0.15) is 46.5 Å². The van der Waals surface area contributed by atoms with Gasteiger partial charge in [0, 0.05) is 25.2 Å². The highest BCUT2D eigenvalue weighted by Crippen LogP contribution is 2.23. The molecule has 0 aromatic carbocycles. The van der Waals surface area contributed by atoms with Crippen molar-refractivity contribution in [2.24, 2.45) is 5.92 Å². The van der Waals surface area contributed by atoms with Crippen LogP contribution >= 0.6 is 0 Å². The molecule has 4 heteroatoms. The number of ether oxygens (including phenoxy) is 1. The summed E-state index contributed by atoms with van der Waals surface area (Å²) < 4.78 is 4.70. The van der Waals surface area contributed by atoms with E-state index >= 15 is 0 Å². The minimum absolute atomic E-state index is 0.233. The standard InChI is InChI=1S/C14H28N2O2/c1-5-7-12-8-13(15-14(17)18-4)10-16(9-12)11(3)6-2/h11-13H,5-10H2,1-4H3,(H,15,17). The maximum atomic E-state index is 11.3. The second-order valence-corrected chi connectivity index (χ2v) is 5.43. The van der Waals surface area contributed by atoms with Crippen molar-refractivity contribution in [1.29, 1.82) is 0 Å². The van der Waals surface area contributed by atoms with E-state index in [4.69, 9.17) is 4.74 Å². The third-order valence-corrected chi connectivity index (χ3v) is 3.98. The van der Waals surface area contributed by atoms with Crippen LogP contribution in [0.5, 0.6) is 0 Å². The van der Waals surface area contributed by atoms with Crippen LogP contribution in [0.15, 0.2) is 0 Å². The maximum Gasteiger partial charge on any atom is 0.407 e. The minimum Gasteiger partial charge on any atom is -0.453 e. The topological polar surface area (TPSA) is 41.6 Å². The van der Waals surface area contributed by atoms with Gasteiger partial charge in [-0.1, -0.05) is 20.3 Å². The Morgan fingerprint density at radius 1 is 1.44 bits per heavy atom. The highest BCUT2D eigenvalue weighted by Gasteiger charge is 2.29. The highest BCUT2D eigenvalue weighted by molar-refractivity contribution is 5.67. The summed E-state index contributed by atoms with van der Waals surface area (Å²) in [7, 11) is 1.42. The first-order valence-corrected chi connectivity index (χ1v) is 7.19. The molecule has 106 valence electrons. The predicted octanol–water partition coefficient (Wildman–Crippen LogP) is 2.63. The summed E-state index contributed by atoms with van der Waals surface area (Å²) in [5, 5.41) is 2.96. The van der Waals surface area contributed by atoms with Gasteiger partial charge in [-0.3, -0.25) is 4.90 Å². The van der Waals surface area contributed by atoms with E-state index in [9.17, 15) is 4.79 Å². The molecule has 0 aromatic heterocycles. The van der Waals surface area contributed by atoms with Crippen LogP contribution in [-0.2, 0) is 4.74 Å². The molecule has 1 heterocycles. The van der Waals surface area contributed by atoms with Gasteiger partial charge in [0.05, 0.1) is 7.11 Å². The average molecular weight is 256 g/mol. The van der Waals surface area contributed by atoms with E-state index in [1.54, 1.807) is 0 Å². The molecule has 0 spiro atoms. The van der Waals surface area contributed by atoms with E-state index in [0.29, 0.717) is 12.0 Å². The average Bonchev–Trinajstić information content (AvgIpc) is 2.37. The van der Waals surface area contributed by atoms with Gasteiger partial charge in [0.1, 0.15) is 0 Å². The Balaban J connectivity index is 2.58. The van der Waals surface area contributed by atoms with Crippen molar-refractivity contribution in [3.05, 3.63) is 0 Å². The summed E-state index contributed by atoms with van der Waals surface area (Å²) in [5.41, 5.74) is 0. The van der Waals surface area contributed by atoms with Gasteiger partial charge in [0.15, 0.2) is 0 Å². The number of nitrogens with zero attached hydrogens (tertiary/aromatic N) is 1. The number of hydrogen-bond donors (Lipinski definition) is 1. The Bertz CT molecular complexity index is 258. The molecular formula is C14H28N2O2. The lowest BCUT2D eigenvalue weighted by atomic mass is 9.89. The molecule has 3 unspecified atom stereocenters. The quantitative estimate of drug-likeness (QED) is 0.822. The molecule has 1 rings (SSSR count). The van der Waals surface area contributed by atoms with Crippen molar-refractivity contribution in [3.8, 4) is 0 Å². The van der Waals surface area contributed by atoms with Crippen molar-refractivity contribution >= 4 is 6.09 Å². The second-order valence-electron chi connectivity index (χ2n) is 5.43. The molecule has 1 amide bonds. The van der Waals surface area contributed by atoms with Gasteiger partial charge in [0.2, 0.25) is 0 Å². The number of piperidine rings is 1. The van der Waals surface area contributed by atoms with E-state index in [1.807, 2.05) is 0 Å². The first-order valence-electron chi connectivity index (χ1n) is 7.19. The lowest BCUT2D eigenvalue weighted by Crippen LogP contribution is -2.53. The molecular weight excluding hydrogens is 228 g/mol. The van der Waals surface area contributed by atoms with Crippen LogP contribution in [0.25, 0.3) is 0 Å². The van der Waals surface area contributed by atoms with Gasteiger partial charge in [0.25, 0.3) is 0 Å². The number of likely N-dealkylation sites (tertiary alicyclic amines) is 1. The zero-order valence-corrected chi connectivity index (χ0v) is 12.2. The van der Waals surface area contributed by atoms with Crippen molar-refractivity contribution in [1.82, 2.24) is 10.2 Å². The smallest absolute Gasteiger partial charge is 0.407 e. The largest absolute Gasteiger partial charge is 0.453 e. The van der Waals surface area contributed by atoms with Crippen LogP contribution in [0, 0.1) is 5.92 Å². The van der Waals surface area contributed by atoms with Gasteiger partial charge in [-0.15, -0.1) is 0 Å². The first kappa shape index (κ1) is 15.3. The Hall–Kier alpha value is -0.770. The van der Waals surface area contributed by atoms with E-state index < -0.39 is 0 Å². The summed E-state index contributed by atoms with van der Waals surface area (Å²) in [6, 6.07) is 0.823. The van der Waals surface area contributed by atoms with Crippen molar-refractivity contribution < 1.29 is 9.53 Å².